The fourth-order valence-electron chi connectivity index (χ4n) is 3.85. The number of benzene rings is 3. The number of nitrogens with one attached hydrogen (secondary N) is 1. The number of hydrogen-bond acceptors (Lipinski definition) is 1. The van der Waals surface area contributed by atoms with Crippen molar-refractivity contribution in [2.24, 2.45) is 0 Å². The van der Waals surface area contributed by atoms with Crippen molar-refractivity contribution in [3.63, 3.8) is 0 Å². The minimum atomic E-state index is -0.0389. The molecule has 146 valence electrons. The Hall–Kier alpha value is -3.33. The molecule has 0 aliphatic rings. The predicted molar refractivity (Wildman–Crippen MR) is 119 cm³/mol. The van der Waals surface area contributed by atoms with Gasteiger partial charge in [-0.25, -0.2) is 0 Å². The van der Waals surface area contributed by atoms with E-state index in [2.05, 4.69) is 73.1 Å². The van der Waals surface area contributed by atoms with Crippen LogP contribution in [0.15, 0.2) is 72.8 Å². The van der Waals surface area contributed by atoms with Crippen LogP contribution in [0, 0.1) is 20.8 Å². The zero-order chi connectivity index (χ0) is 20.4. The molecule has 0 radical (unpaired) electrons. The molecule has 3 heteroatoms. The SMILES string of the molecule is Cc1ccccc1CNC(=O)c1ccc2c(c1)c(C)c(C)n2Cc1ccccc1. The number of rotatable bonds is 5. The van der Waals surface area contributed by atoms with E-state index in [1.807, 2.05) is 30.3 Å². The topological polar surface area (TPSA) is 34.0 Å². The number of carbonyl (C=O) groups excluding carboxylic acids is 1. The Morgan fingerprint density at radius 3 is 2.38 bits per heavy atom. The first-order valence-electron chi connectivity index (χ1n) is 10.0. The molecule has 0 fully saturated rings. The lowest BCUT2D eigenvalue weighted by Gasteiger charge is -2.10. The number of carbonyl (C=O) groups is 1. The summed E-state index contributed by atoms with van der Waals surface area (Å²) >= 11 is 0. The van der Waals surface area contributed by atoms with Gasteiger partial charge in [0.2, 0.25) is 0 Å². The Bertz CT molecular complexity index is 1170. The zero-order valence-corrected chi connectivity index (χ0v) is 17.2. The van der Waals surface area contributed by atoms with Crippen LogP contribution >= 0.6 is 0 Å². The van der Waals surface area contributed by atoms with Gasteiger partial charge in [-0.1, -0.05) is 54.6 Å². The summed E-state index contributed by atoms with van der Waals surface area (Å²) in [5.74, 6) is -0.0389. The highest BCUT2D eigenvalue weighted by molar-refractivity contribution is 5.99. The van der Waals surface area contributed by atoms with Crippen LogP contribution in [-0.2, 0) is 13.1 Å². The van der Waals surface area contributed by atoms with E-state index in [-0.39, 0.29) is 5.91 Å². The second kappa shape index (κ2) is 7.96. The molecule has 4 aromatic rings. The minimum absolute atomic E-state index is 0.0389. The number of aromatic nitrogens is 1. The van der Waals surface area contributed by atoms with Gasteiger partial charge < -0.3 is 9.88 Å². The molecule has 3 aromatic carbocycles. The van der Waals surface area contributed by atoms with Gasteiger partial charge in [-0.05, 0) is 61.2 Å². The van der Waals surface area contributed by atoms with Crippen molar-refractivity contribution in [1.29, 1.82) is 0 Å². The molecular weight excluding hydrogens is 356 g/mol. The Balaban J connectivity index is 1.60. The molecule has 0 saturated carbocycles. The first kappa shape index (κ1) is 19.0. The lowest BCUT2D eigenvalue weighted by atomic mass is 10.1. The molecule has 29 heavy (non-hydrogen) atoms. The molecule has 1 heterocycles. The quantitative estimate of drug-likeness (QED) is 0.483. The van der Waals surface area contributed by atoms with Crippen molar-refractivity contribution in [2.75, 3.05) is 0 Å². The summed E-state index contributed by atoms with van der Waals surface area (Å²) in [6.45, 7) is 7.71. The highest BCUT2D eigenvalue weighted by atomic mass is 16.1. The number of fused-ring (bicyclic) bond motifs is 1. The fourth-order valence-corrected chi connectivity index (χ4v) is 3.85. The summed E-state index contributed by atoms with van der Waals surface area (Å²) in [6, 6.07) is 24.6. The average Bonchev–Trinajstić information content (AvgIpc) is 2.98. The van der Waals surface area contributed by atoms with Gasteiger partial charge in [0.15, 0.2) is 0 Å². The fraction of sp³-hybridized carbons (Fsp3) is 0.192. The van der Waals surface area contributed by atoms with Crippen molar-refractivity contribution in [3.8, 4) is 0 Å². The molecule has 0 saturated heterocycles. The number of nitrogens with zero attached hydrogens (tertiary/aromatic N) is 1. The van der Waals surface area contributed by atoms with Crippen LogP contribution in [0.5, 0.6) is 0 Å². The summed E-state index contributed by atoms with van der Waals surface area (Å²) in [4.78, 5) is 12.7. The normalized spacial score (nSPS) is 11.0. The molecule has 0 spiro atoms. The van der Waals surface area contributed by atoms with Gasteiger partial charge in [0.25, 0.3) is 5.91 Å². The molecule has 0 aliphatic carbocycles. The maximum atomic E-state index is 12.7. The van der Waals surface area contributed by atoms with Gasteiger partial charge >= 0.3 is 0 Å². The first-order valence-corrected chi connectivity index (χ1v) is 10.0. The Morgan fingerprint density at radius 2 is 1.62 bits per heavy atom. The van der Waals surface area contributed by atoms with E-state index in [0.717, 1.165) is 17.5 Å². The molecule has 4 rings (SSSR count). The smallest absolute Gasteiger partial charge is 0.251 e. The summed E-state index contributed by atoms with van der Waals surface area (Å²) in [5.41, 5.74) is 7.93. The molecule has 0 bridgehead atoms. The van der Waals surface area contributed by atoms with E-state index in [4.69, 9.17) is 0 Å². The lowest BCUT2D eigenvalue weighted by Crippen LogP contribution is -2.23. The zero-order valence-electron chi connectivity index (χ0n) is 17.2. The molecule has 0 aliphatic heterocycles. The van der Waals surface area contributed by atoms with E-state index in [9.17, 15) is 4.79 Å². The summed E-state index contributed by atoms with van der Waals surface area (Å²) in [5, 5.41) is 4.20. The van der Waals surface area contributed by atoms with Crippen molar-refractivity contribution >= 4 is 16.8 Å². The third-order valence-corrected chi connectivity index (χ3v) is 5.79. The van der Waals surface area contributed by atoms with Crippen molar-refractivity contribution < 1.29 is 4.79 Å². The Kier molecular flexibility index (Phi) is 5.22. The molecule has 1 N–H and O–H groups in total. The maximum absolute atomic E-state index is 12.7. The second-order valence-corrected chi connectivity index (χ2v) is 7.62. The van der Waals surface area contributed by atoms with Gasteiger partial charge in [0, 0.05) is 35.2 Å². The lowest BCUT2D eigenvalue weighted by molar-refractivity contribution is 0.0951. The highest BCUT2D eigenvalue weighted by Crippen LogP contribution is 2.27. The van der Waals surface area contributed by atoms with Gasteiger partial charge in [-0.3, -0.25) is 4.79 Å². The van der Waals surface area contributed by atoms with E-state index in [0.29, 0.717) is 12.1 Å². The van der Waals surface area contributed by atoms with Gasteiger partial charge in [-0.15, -0.1) is 0 Å². The first-order chi connectivity index (χ1) is 14.0. The summed E-state index contributed by atoms with van der Waals surface area (Å²) < 4.78 is 2.33. The number of amides is 1. The van der Waals surface area contributed by atoms with Crippen LogP contribution in [0.2, 0.25) is 0 Å². The molecule has 3 nitrogen and oxygen atoms in total. The summed E-state index contributed by atoms with van der Waals surface area (Å²) in [7, 11) is 0. The third kappa shape index (κ3) is 3.81. The van der Waals surface area contributed by atoms with Crippen LogP contribution < -0.4 is 5.32 Å². The van der Waals surface area contributed by atoms with Crippen LogP contribution in [0.3, 0.4) is 0 Å². The molecular formula is C26H26N2O. The van der Waals surface area contributed by atoms with Crippen LogP contribution in [0.4, 0.5) is 0 Å². The third-order valence-electron chi connectivity index (χ3n) is 5.79. The maximum Gasteiger partial charge on any atom is 0.251 e. The van der Waals surface area contributed by atoms with Crippen molar-refractivity contribution in [2.45, 2.75) is 33.9 Å². The predicted octanol–water partition coefficient (Wildman–Crippen LogP) is 5.54. The molecule has 1 aromatic heterocycles. The van der Waals surface area contributed by atoms with Crippen molar-refractivity contribution in [3.05, 3.63) is 106 Å². The van der Waals surface area contributed by atoms with Crippen LogP contribution in [0.25, 0.3) is 10.9 Å². The Morgan fingerprint density at radius 1 is 0.897 bits per heavy atom. The van der Waals surface area contributed by atoms with Crippen LogP contribution in [-0.4, -0.2) is 10.5 Å². The van der Waals surface area contributed by atoms with E-state index in [1.54, 1.807) is 0 Å². The minimum Gasteiger partial charge on any atom is -0.348 e. The van der Waals surface area contributed by atoms with E-state index >= 15 is 0 Å². The van der Waals surface area contributed by atoms with E-state index in [1.165, 1.54) is 27.9 Å². The van der Waals surface area contributed by atoms with E-state index < -0.39 is 0 Å². The summed E-state index contributed by atoms with van der Waals surface area (Å²) in [6.07, 6.45) is 0. The van der Waals surface area contributed by atoms with Gasteiger partial charge in [0.1, 0.15) is 0 Å². The van der Waals surface area contributed by atoms with Gasteiger partial charge in [0.05, 0.1) is 0 Å². The second-order valence-electron chi connectivity index (χ2n) is 7.62. The van der Waals surface area contributed by atoms with Crippen LogP contribution in [0.1, 0.15) is 38.3 Å². The molecule has 0 atom stereocenters. The molecule has 0 unspecified atom stereocenters. The Labute approximate surface area is 172 Å². The van der Waals surface area contributed by atoms with Gasteiger partial charge in [-0.2, -0.15) is 0 Å². The number of hydrogen-bond donors (Lipinski definition) is 1. The highest BCUT2D eigenvalue weighted by Gasteiger charge is 2.14. The monoisotopic (exact) mass is 382 g/mol. The largest absolute Gasteiger partial charge is 0.348 e. The molecule has 1 amide bonds. The number of aryl methyl sites for hydroxylation is 2. The standard InChI is InChI=1S/C26H26N2O/c1-18-9-7-8-12-23(18)16-27-26(29)22-13-14-25-24(15-22)19(2)20(3)28(25)17-21-10-5-4-6-11-21/h4-15H,16-17H2,1-3H3,(H,27,29). The van der Waals surface area contributed by atoms with Crippen molar-refractivity contribution in [1.82, 2.24) is 9.88 Å². The average molecular weight is 383 g/mol.